The van der Waals surface area contributed by atoms with Gasteiger partial charge in [-0.1, -0.05) is 18.2 Å². The van der Waals surface area contributed by atoms with E-state index in [4.69, 9.17) is 4.74 Å². The highest BCUT2D eigenvalue weighted by molar-refractivity contribution is 7.94. The normalized spacial score (nSPS) is 11.3. The van der Waals surface area contributed by atoms with Crippen LogP contribution in [0, 0.1) is 13.8 Å². The van der Waals surface area contributed by atoms with Crippen molar-refractivity contribution in [2.45, 2.75) is 13.8 Å². The van der Waals surface area contributed by atoms with Crippen LogP contribution >= 0.6 is 0 Å². The minimum atomic E-state index is -3.84. The molecular formula is C18H19N3O3S. The average Bonchev–Trinajstić information content (AvgIpc) is 2.58. The van der Waals surface area contributed by atoms with E-state index in [9.17, 15) is 8.42 Å². The molecule has 3 aromatic rings. The smallest absolute Gasteiger partial charge is 0.321 e. The summed E-state index contributed by atoms with van der Waals surface area (Å²) in [5, 5.41) is 0.784. The van der Waals surface area contributed by atoms with Crippen molar-refractivity contribution in [3.63, 3.8) is 0 Å². The number of aromatic nitrogens is 1. The molecular weight excluding hydrogens is 338 g/mol. The number of fused-ring (bicyclic) bond motifs is 1. The summed E-state index contributed by atoms with van der Waals surface area (Å²) in [6.07, 6.45) is 1.62. The molecule has 25 heavy (non-hydrogen) atoms. The first kappa shape index (κ1) is 17.0. The van der Waals surface area contributed by atoms with Gasteiger partial charge < -0.3 is 4.74 Å². The molecule has 130 valence electrons. The molecule has 2 aromatic carbocycles. The van der Waals surface area contributed by atoms with Crippen LogP contribution in [0.15, 0.2) is 48.7 Å². The van der Waals surface area contributed by atoms with Gasteiger partial charge in [-0.3, -0.25) is 14.4 Å². The summed E-state index contributed by atoms with van der Waals surface area (Å²) in [6.45, 7) is 3.80. The first-order valence-corrected chi connectivity index (χ1v) is 9.17. The third kappa shape index (κ3) is 3.66. The van der Waals surface area contributed by atoms with Crippen molar-refractivity contribution in [3.05, 3.63) is 59.8 Å². The lowest BCUT2D eigenvalue weighted by Crippen LogP contribution is -2.22. The summed E-state index contributed by atoms with van der Waals surface area (Å²) >= 11 is 0. The minimum absolute atomic E-state index is 0.354. The van der Waals surface area contributed by atoms with Crippen LogP contribution in [-0.4, -0.2) is 20.5 Å². The Balaban J connectivity index is 1.98. The maximum absolute atomic E-state index is 12.6. The summed E-state index contributed by atoms with van der Waals surface area (Å²) in [5.41, 5.74) is 3.32. The zero-order chi connectivity index (χ0) is 18.0. The Hall–Kier alpha value is -2.80. The molecule has 0 saturated carbocycles. The van der Waals surface area contributed by atoms with E-state index in [1.165, 1.54) is 7.11 Å². The van der Waals surface area contributed by atoms with Crippen LogP contribution in [0.4, 0.5) is 11.4 Å². The van der Waals surface area contributed by atoms with Crippen molar-refractivity contribution in [2.24, 2.45) is 0 Å². The maximum atomic E-state index is 12.6. The Kier molecular flexibility index (Phi) is 4.50. The fourth-order valence-electron chi connectivity index (χ4n) is 2.54. The van der Waals surface area contributed by atoms with Crippen molar-refractivity contribution >= 4 is 32.5 Å². The van der Waals surface area contributed by atoms with Crippen LogP contribution in [0.5, 0.6) is 5.75 Å². The van der Waals surface area contributed by atoms with Gasteiger partial charge in [-0.05, 0) is 43.2 Å². The molecule has 0 aliphatic heterocycles. The third-order valence-corrected chi connectivity index (χ3v) is 4.98. The van der Waals surface area contributed by atoms with Gasteiger partial charge in [0, 0.05) is 17.6 Å². The number of benzene rings is 2. The molecule has 0 aliphatic rings. The molecule has 2 N–H and O–H groups in total. The first-order chi connectivity index (χ1) is 11.9. The number of pyridine rings is 1. The Morgan fingerprint density at radius 2 is 1.76 bits per heavy atom. The molecule has 3 rings (SSSR count). The monoisotopic (exact) mass is 357 g/mol. The van der Waals surface area contributed by atoms with Crippen LogP contribution in [0.1, 0.15) is 11.1 Å². The molecule has 7 heteroatoms. The second-order valence-corrected chi connectivity index (χ2v) is 7.12. The van der Waals surface area contributed by atoms with Gasteiger partial charge in [-0.25, -0.2) is 0 Å². The predicted molar refractivity (Wildman–Crippen MR) is 100 cm³/mol. The Morgan fingerprint density at radius 3 is 2.52 bits per heavy atom. The molecule has 1 aromatic heterocycles. The molecule has 6 nitrogen and oxygen atoms in total. The zero-order valence-corrected chi connectivity index (χ0v) is 15.0. The van der Waals surface area contributed by atoms with Crippen molar-refractivity contribution in [3.8, 4) is 5.75 Å². The van der Waals surface area contributed by atoms with E-state index in [1.807, 2.05) is 32.0 Å². The van der Waals surface area contributed by atoms with Gasteiger partial charge >= 0.3 is 10.2 Å². The molecule has 0 spiro atoms. The maximum Gasteiger partial charge on any atom is 0.321 e. The number of anilines is 2. The highest BCUT2D eigenvalue weighted by atomic mass is 32.2. The summed E-state index contributed by atoms with van der Waals surface area (Å²) in [4.78, 5) is 4.27. The van der Waals surface area contributed by atoms with Gasteiger partial charge in [0.25, 0.3) is 0 Å². The topological polar surface area (TPSA) is 80.3 Å². The lowest BCUT2D eigenvalue weighted by atomic mass is 10.1. The van der Waals surface area contributed by atoms with E-state index in [0.29, 0.717) is 22.6 Å². The molecule has 0 unspecified atom stereocenters. The number of nitrogens with zero attached hydrogens (tertiary/aromatic N) is 1. The average molecular weight is 357 g/mol. The van der Waals surface area contributed by atoms with Crippen LogP contribution < -0.4 is 14.2 Å². The van der Waals surface area contributed by atoms with Gasteiger partial charge in [0.2, 0.25) is 0 Å². The number of hydrogen-bond acceptors (Lipinski definition) is 4. The van der Waals surface area contributed by atoms with Crippen LogP contribution in [0.3, 0.4) is 0 Å². The van der Waals surface area contributed by atoms with Crippen molar-refractivity contribution in [1.29, 1.82) is 0 Å². The van der Waals surface area contributed by atoms with Gasteiger partial charge in [0.1, 0.15) is 5.75 Å². The second kappa shape index (κ2) is 6.60. The third-order valence-electron chi connectivity index (χ3n) is 4.01. The van der Waals surface area contributed by atoms with Crippen LogP contribution in [0.25, 0.3) is 10.9 Å². The zero-order valence-electron chi connectivity index (χ0n) is 14.2. The SMILES string of the molecule is COc1cc(NS(=O)(=O)Nc2cccc(C)c2C)c2ncccc2c1. The summed E-state index contributed by atoms with van der Waals surface area (Å²) < 4.78 is 35.5. The van der Waals surface area contributed by atoms with Crippen LogP contribution in [0.2, 0.25) is 0 Å². The quantitative estimate of drug-likeness (QED) is 0.731. The Labute approximate surface area is 147 Å². The van der Waals surface area contributed by atoms with Crippen molar-refractivity contribution < 1.29 is 13.2 Å². The van der Waals surface area contributed by atoms with Crippen molar-refractivity contribution in [2.75, 3.05) is 16.6 Å². The molecule has 1 heterocycles. The lowest BCUT2D eigenvalue weighted by Gasteiger charge is -2.15. The summed E-state index contributed by atoms with van der Waals surface area (Å²) in [5.74, 6) is 0.546. The number of methoxy groups -OCH3 is 1. The standard InChI is InChI=1S/C18H19N3O3S/c1-12-6-4-8-16(13(12)2)20-25(22,23)21-17-11-15(24-3)10-14-7-5-9-19-18(14)17/h4-11,20-21H,1-3H3. The van der Waals surface area contributed by atoms with E-state index in [0.717, 1.165) is 16.5 Å². The fraction of sp³-hybridized carbons (Fsp3) is 0.167. The number of aryl methyl sites for hydroxylation is 1. The largest absolute Gasteiger partial charge is 0.497 e. The van der Waals surface area contributed by atoms with Gasteiger partial charge in [-0.15, -0.1) is 0 Å². The fourth-order valence-corrected chi connectivity index (χ4v) is 3.54. The van der Waals surface area contributed by atoms with E-state index in [2.05, 4.69) is 14.4 Å². The highest BCUT2D eigenvalue weighted by Gasteiger charge is 2.15. The van der Waals surface area contributed by atoms with E-state index in [-0.39, 0.29) is 0 Å². The number of rotatable bonds is 5. The molecule has 0 radical (unpaired) electrons. The van der Waals surface area contributed by atoms with Gasteiger partial charge in [0.15, 0.2) is 0 Å². The number of nitrogens with one attached hydrogen (secondary N) is 2. The Bertz CT molecular complexity index is 1030. The number of ether oxygens (including phenoxy) is 1. The van der Waals surface area contributed by atoms with Crippen LogP contribution in [-0.2, 0) is 10.2 Å². The molecule has 0 bridgehead atoms. The molecule has 0 aliphatic carbocycles. The molecule has 0 amide bonds. The Morgan fingerprint density at radius 1 is 1.00 bits per heavy atom. The highest BCUT2D eigenvalue weighted by Crippen LogP contribution is 2.29. The van der Waals surface area contributed by atoms with E-state index >= 15 is 0 Å². The lowest BCUT2D eigenvalue weighted by molar-refractivity contribution is 0.415. The molecule has 0 atom stereocenters. The van der Waals surface area contributed by atoms with Crippen molar-refractivity contribution in [1.82, 2.24) is 4.98 Å². The number of hydrogen-bond donors (Lipinski definition) is 2. The predicted octanol–water partition coefficient (Wildman–Crippen LogP) is 3.63. The molecule has 0 fully saturated rings. The van der Waals surface area contributed by atoms with E-state index < -0.39 is 10.2 Å². The van der Waals surface area contributed by atoms with Gasteiger partial charge in [0.05, 0.1) is 24.0 Å². The minimum Gasteiger partial charge on any atom is -0.497 e. The summed E-state index contributed by atoms with van der Waals surface area (Å²) in [7, 11) is -2.31. The van der Waals surface area contributed by atoms with E-state index in [1.54, 1.807) is 30.5 Å². The summed E-state index contributed by atoms with van der Waals surface area (Å²) in [6, 6.07) is 12.5. The molecule has 0 saturated heterocycles. The first-order valence-electron chi connectivity index (χ1n) is 7.69. The van der Waals surface area contributed by atoms with Gasteiger partial charge in [-0.2, -0.15) is 8.42 Å². The second-order valence-electron chi connectivity index (χ2n) is 5.71.